The average Bonchev–Trinajstić information content (AvgIpc) is 2.49. The Bertz CT molecular complexity index is 396. The highest BCUT2D eigenvalue weighted by atomic mass is 16.6. The van der Waals surface area contributed by atoms with E-state index in [9.17, 15) is 0 Å². The van der Waals surface area contributed by atoms with Crippen molar-refractivity contribution in [3.8, 4) is 17.2 Å². The lowest BCUT2D eigenvalue weighted by atomic mass is 10.1. The molecule has 0 bridgehead atoms. The van der Waals surface area contributed by atoms with Crippen LogP contribution in [0, 0.1) is 0 Å². The number of hydrogen-bond acceptors (Lipinski definition) is 5. The van der Waals surface area contributed by atoms with Gasteiger partial charge < -0.3 is 24.3 Å². The van der Waals surface area contributed by atoms with Gasteiger partial charge in [-0.2, -0.15) is 0 Å². The number of hydrogen-bond donors (Lipinski definition) is 1. The Morgan fingerprint density at radius 2 is 1.67 bits per heavy atom. The van der Waals surface area contributed by atoms with Crippen LogP contribution in [0.2, 0.25) is 0 Å². The van der Waals surface area contributed by atoms with Crippen LogP contribution in [0.3, 0.4) is 0 Å². The highest BCUT2D eigenvalue weighted by Gasteiger charge is 2.14. The quantitative estimate of drug-likeness (QED) is 0.673. The highest BCUT2D eigenvalue weighted by molar-refractivity contribution is 5.53. The fourth-order valence-corrected chi connectivity index (χ4v) is 1.85. The molecular weight excluding hydrogens is 270 g/mol. The largest absolute Gasteiger partial charge is 0.493 e. The van der Waals surface area contributed by atoms with Gasteiger partial charge in [-0.15, -0.1) is 0 Å². The summed E-state index contributed by atoms with van der Waals surface area (Å²) in [4.78, 5) is 0. The molecule has 0 aliphatic rings. The maximum Gasteiger partial charge on any atom is 0.203 e. The van der Waals surface area contributed by atoms with E-state index in [4.69, 9.17) is 18.9 Å². The molecule has 5 nitrogen and oxygen atoms in total. The lowest BCUT2D eigenvalue weighted by molar-refractivity contribution is 0.107. The van der Waals surface area contributed by atoms with Crippen molar-refractivity contribution in [1.82, 2.24) is 5.32 Å². The van der Waals surface area contributed by atoms with Crippen LogP contribution in [-0.4, -0.2) is 40.1 Å². The Morgan fingerprint density at radius 3 is 2.14 bits per heavy atom. The van der Waals surface area contributed by atoms with Crippen LogP contribution in [0.5, 0.6) is 17.2 Å². The first kappa shape index (κ1) is 17.6. The molecule has 5 heteroatoms. The molecule has 1 rings (SSSR count). The summed E-state index contributed by atoms with van der Waals surface area (Å²) in [6.45, 7) is 8.61. The number of methoxy groups -OCH3 is 2. The summed E-state index contributed by atoms with van der Waals surface area (Å²) in [5.74, 6) is 1.96. The molecule has 0 amide bonds. The molecule has 0 fully saturated rings. The molecule has 120 valence electrons. The third-order valence-corrected chi connectivity index (χ3v) is 2.91. The van der Waals surface area contributed by atoms with Gasteiger partial charge in [0.2, 0.25) is 5.75 Å². The normalized spacial score (nSPS) is 10.8. The standard InChI is InChI=1S/C16H27NO4/c1-6-20-7-8-21-16-14(18-4)9-13(10-15(16)19-5)11-17-12(2)3/h9-10,12,17H,6-8,11H2,1-5H3. The fourth-order valence-electron chi connectivity index (χ4n) is 1.85. The van der Waals surface area contributed by atoms with Gasteiger partial charge >= 0.3 is 0 Å². The predicted octanol–water partition coefficient (Wildman–Crippen LogP) is 2.62. The summed E-state index contributed by atoms with van der Waals surface area (Å²) in [6.07, 6.45) is 0. The summed E-state index contributed by atoms with van der Waals surface area (Å²) in [5.41, 5.74) is 1.09. The van der Waals surface area contributed by atoms with Crippen LogP contribution in [0.25, 0.3) is 0 Å². The fraction of sp³-hybridized carbons (Fsp3) is 0.625. The Labute approximate surface area is 127 Å². The Balaban J connectivity index is 2.85. The molecule has 0 heterocycles. The molecule has 0 atom stereocenters. The van der Waals surface area contributed by atoms with Gasteiger partial charge in [-0.05, 0) is 24.6 Å². The SMILES string of the molecule is CCOCCOc1c(OC)cc(CNC(C)C)cc1OC. The molecule has 1 aromatic rings. The molecule has 0 spiro atoms. The summed E-state index contributed by atoms with van der Waals surface area (Å²) < 4.78 is 21.8. The van der Waals surface area contributed by atoms with Crippen molar-refractivity contribution in [2.45, 2.75) is 33.4 Å². The maximum absolute atomic E-state index is 5.74. The first-order chi connectivity index (χ1) is 10.1. The topological polar surface area (TPSA) is 49.0 Å². The van der Waals surface area contributed by atoms with E-state index in [0.717, 1.165) is 12.1 Å². The second-order valence-electron chi connectivity index (χ2n) is 4.91. The third kappa shape index (κ3) is 5.81. The van der Waals surface area contributed by atoms with Crippen molar-refractivity contribution in [2.24, 2.45) is 0 Å². The Kier molecular flexibility index (Phi) is 7.93. The van der Waals surface area contributed by atoms with Crippen LogP contribution in [0.1, 0.15) is 26.3 Å². The Hall–Kier alpha value is -1.46. The van der Waals surface area contributed by atoms with Crippen molar-refractivity contribution in [1.29, 1.82) is 0 Å². The zero-order valence-electron chi connectivity index (χ0n) is 13.7. The molecule has 0 aliphatic heterocycles. The zero-order chi connectivity index (χ0) is 15.7. The molecule has 0 saturated heterocycles. The van der Waals surface area contributed by atoms with Crippen LogP contribution in [-0.2, 0) is 11.3 Å². The lowest BCUT2D eigenvalue weighted by Crippen LogP contribution is -2.21. The minimum Gasteiger partial charge on any atom is -0.493 e. The van der Waals surface area contributed by atoms with Crippen LogP contribution in [0.15, 0.2) is 12.1 Å². The molecule has 0 saturated carbocycles. The molecule has 1 N–H and O–H groups in total. The van der Waals surface area contributed by atoms with Crippen molar-refractivity contribution in [2.75, 3.05) is 34.0 Å². The van der Waals surface area contributed by atoms with E-state index < -0.39 is 0 Å². The van der Waals surface area contributed by atoms with Gasteiger partial charge in [-0.1, -0.05) is 13.8 Å². The number of benzene rings is 1. The Morgan fingerprint density at radius 1 is 1.05 bits per heavy atom. The van der Waals surface area contributed by atoms with E-state index in [0.29, 0.717) is 43.1 Å². The van der Waals surface area contributed by atoms with Gasteiger partial charge in [0.15, 0.2) is 11.5 Å². The average molecular weight is 297 g/mol. The summed E-state index contributed by atoms with van der Waals surface area (Å²) in [5, 5.41) is 3.37. The van der Waals surface area contributed by atoms with Crippen molar-refractivity contribution in [3.05, 3.63) is 17.7 Å². The molecule has 1 aromatic carbocycles. The highest BCUT2D eigenvalue weighted by Crippen LogP contribution is 2.38. The molecule has 0 unspecified atom stereocenters. The van der Waals surface area contributed by atoms with E-state index >= 15 is 0 Å². The second kappa shape index (κ2) is 9.47. The van der Waals surface area contributed by atoms with Crippen LogP contribution in [0.4, 0.5) is 0 Å². The number of nitrogens with one attached hydrogen (secondary N) is 1. The van der Waals surface area contributed by atoms with Crippen molar-refractivity contribution < 1.29 is 18.9 Å². The molecule has 21 heavy (non-hydrogen) atoms. The van der Waals surface area contributed by atoms with Gasteiger partial charge in [0, 0.05) is 19.2 Å². The third-order valence-electron chi connectivity index (χ3n) is 2.91. The van der Waals surface area contributed by atoms with E-state index in [-0.39, 0.29) is 0 Å². The predicted molar refractivity (Wildman–Crippen MR) is 83.5 cm³/mol. The molecular formula is C16H27NO4. The van der Waals surface area contributed by atoms with Gasteiger partial charge in [-0.25, -0.2) is 0 Å². The molecule has 0 aliphatic carbocycles. The summed E-state index contributed by atoms with van der Waals surface area (Å²) in [7, 11) is 3.26. The number of ether oxygens (including phenoxy) is 4. The monoisotopic (exact) mass is 297 g/mol. The van der Waals surface area contributed by atoms with E-state index in [1.54, 1.807) is 14.2 Å². The van der Waals surface area contributed by atoms with Gasteiger partial charge in [0.1, 0.15) is 6.61 Å². The first-order valence-electron chi connectivity index (χ1n) is 7.31. The van der Waals surface area contributed by atoms with Gasteiger partial charge in [0.05, 0.1) is 20.8 Å². The zero-order valence-corrected chi connectivity index (χ0v) is 13.7. The van der Waals surface area contributed by atoms with Crippen LogP contribution >= 0.6 is 0 Å². The smallest absolute Gasteiger partial charge is 0.203 e. The summed E-state index contributed by atoms with van der Waals surface area (Å²) >= 11 is 0. The van der Waals surface area contributed by atoms with E-state index in [1.165, 1.54) is 0 Å². The van der Waals surface area contributed by atoms with Gasteiger partial charge in [-0.3, -0.25) is 0 Å². The lowest BCUT2D eigenvalue weighted by Gasteiger charge is -2.17. The van der Waals surface area contributed by atoms with Crippen molar-refractivity contribution >= 4 is 0 Å². The molecule has 0 radical (unpaired) electrons. The first-order valence-corrected chi connectivity index (χ1v) is 7.31. The van der Waals surface area contributed by atoms with Gasteiger partial charge in [0.25, 0.3) is 0 Å². The minimum absolute atomic E-state index is 0.420. The minimum atomic E-state index is 0.420. The van der Waals surface area contributed by atoms with Crippen LogP contribution < -0.4 is 19.5 Å². The van der Waals surface area contributed by atoms with E-state index in [2.05, 4.69) is 19.2 Å². The van der Waals surface area contributed by atoms with E-state index in [1.807, 2.05) is 19.1 Å². The second-order valence-corrected chi connectivity index (χ2v) is 4.91. The number of rotatable bonds is 10. The molecule has 0 aromatic heterocycles. The van der Waals surface area contributed by atoms with Crippen molar-refractivity contribution in [3.63, 3.8) is 0 Å². The summed E-state index contributed by atoms with van der Waals surface area (Å²) in [6, 6.07) is 4.35. The maximum atomic E-state index is 5.74.